The molecule has 0 aromatic heterocycles. The van der Waals surface area contributed by atoms with Crippen LogP contribution in [0.15, 0.2) is 24.3 Å². The van der Waals surface area contributed by atoms with Gasteiger partial charge in [0, 0.05) is 5.69 Å². The molecule has 2 N–H and O–H groups in total. The molecule has 0 aliphatic heterocycles. The van der Waals surface area contributed by atoms with Gasteiger partial charge in [-0.3, -0.25) is 0 Å². The van der Waals surface area contributed by atoms with E-state index in [0.717, 1.165) is 13.8 Å². The van der Waals surface area contributed by atoms with Crippen molar-refractivity contribution in [2.45, 2.75) is 25.4 Å². The molecule has 0 radical (unpaired) electrons. The average Bonchev–Trinajstić information content (AvgIpc) is 2.03. The number of hydrogen-bond acceptors (Lipinski definition) is 1. The summed E-state index contributed by atoms with van der Waals surface area (Å²) < 4.78 is 37.8. The summed E-state index contributed by atoms with van der Waals surface area (Å²) in [5, 5.41) is 0. The Morgan fingerprint density at radius 3 is 1.73 bits per heavy atom. The van der Waals surface area contributed by atoms with E-state index in [0.29, 0.717) is 5.69 Å². The molecule has 1 nitrogen and oxygen atoms in total. The highest BCUT2D eigenvalue weighted by Crippen LogP contribution is 2.40. The van der Waals surface area contributed by atoms with Crippen molar-refractivity contribution in [3.8, 4) is 0 Å². The molecule has 0 saturated heterocycles. The van der Waals surface area contributed by atoms with E-state index in [1.54, 1.807) is 0 Å². The zero-order valence-corrected chi connectivity index (χ0v) is 9.25. The minimum absolute atomic E-state index is 0. The maximum Gasteiger partial charge on any atom is 0.397 e. The fraction of sp³-hybridized carbons (Fsp3) is 0.400. The topological polar surface area (TPSA) is 26.0 Å². The second-order valence-electron chi connectivity index (χ2n) is 3.74. The van der Waals surface area contributed by atoms with Gasteiger partial charge in [-0.2, -0.15) is 13.2 Å². The maximum atomic E-state index is 12.6. The molecule has 0 bridgehead atoms. The Morgan fingerprint density at radius 2 is 1.40 bits per heavy atom. The fourth-order valence-electron chi connectivity index (χ4n) is 1.06. The van der Waals surface area contributed by atoms with Crippen molar-refractivity contribution in [2.75, 3.05) is 5.73 Å². The number of anilines is 1. The van der Waals surface area contributed by atoms with Gasteiger partial charge < -0.3 is 5.73 Å². The third-order valence-electron chi connectivity index (χ3n) is 2.34. The van der Waals surface area contributed by atoms with Gasteiger partial charge in [-0.15, -0.1) is 12.4 Å². The summed E-state index contributed by atoms with van der Waals surface area (Å²) in [4.78, 5) is 0. The molecule has 5 heteroatoms. The van der Waals surface area contributed by atoms with Gasteiger partial charge in [0.05, 0.1) is 5.41 Å². The molecule has 0 heterocycles. The van der Waals surface area contributed by atoms with Crippen LogP contribution in [0.25, 0.3) is 0 Å². The first-order valence-corrected chi connectivity index (χ1v) is 4.18. The van der Waals surface area contributed by atoms with Crippen LogP contribution >= 0.6 is 12.4 Å². The molecule has 1 rings (SSSR count). The predicted molar refractivity (Wildman–Crippen MR) is 57.2 cm³/mol. The van der Waals surface area contributed by atoms with Crippen LogP contribution in [0.3, 0.4) is 0 Å². The van der Waals surface area contributed by atoms with Gasteiger partial charge in [0.25, 0.3) is 0 Å². The van der Waals surface area contributed by atoms with Crippen LogP contribution in [0.5, 0.6) is 0 Å². The molecular formula is C10H13ClF3N. The Labute approximate surface area is 92.9 Å². The minimum atomic E-state index is -4.25. The number of nitrogens with two attached hydrogens (primary N) is 1. The van der Waals surface area contributed by atoms with Crippen LogP contribution in [-0.2, 0) is 5.41 Å². The van der Waals surface area contributed by atoms with Crippen molar-refractivity contribution >= 4 is 18.1 Å². The van der Waals surface area contributed by atoms with Gasteiger partial charge in [-0.25, -0.2) is 0 Å². The first-order valence-electron chi connectivity index (χ1n) is 4.18. The summed E-state index contributed by atoms with van der Waals surface area (Å²) in [5.74, 6) is 0. The third-order valence-corrected chi connectivity index (χ3v) is 2.34. The maximum absolute atomic E-state index is 12.6. The highest BCUT2D eigenvalue weighted by atomic mass is 35.5. The highest BCUT2D eigenvalue weighted by Gasteiger charge is 2.48. The van der Waals surface area contributed by atoms with E-state index in [1.165, 1.54) is 24.3 Å². The van der Waals surface area contributed by atoms with Crippen molar-refractivity contribution in [2.24, 2.45) is 0 Å². The van der Waals surface area contributed by atoms with Crippen molar-refractivity contribution < 1.29 is 13.2 Å². The van der Waals surface area contributed by atoms with Crippen molar-refractivity contribution in [1.29, 1.82) is 0 Å². The standard InChI is InChI=1S/C10H12F3N.ClH/c1-9(2,10(11,12)13)7-3-5-8(14)6-4-7;/h3-6H,14H2,1-2H3;1H. The number of rotatable bonds is 1. The normalized spacial score (nSPS) is 12.1. The van der Waals surface area contributed by atoms with E-state index in [-0.39, 0.29) is 18.0 Å². The number of hydrogen-bond donors (Lipinski definition) is 1. The van der Waals surface area contributed by atoms with Gasteiger partial charge in [0.2, 0.25) is 0 Å². The summed E-state index contributed by atoms with van der Waals surface area (Å²) in [7, 11) is 0. The van der Waals surface area contributed by atoms with E-state index in [9.17, 15) is 13.2 Å². The number of alkyl halides is 3. The molecule has 1 aromatic rings. The van der Waals surface area contributed by atoms with Gasteiger partial charge in [-0.05, 0) is 31.5 Å². The molecule has 0 unspecified atom stereocenters. The average molecular weight is 240 g/mol. The van der Waals surface area contributed by atoms with Crippen molar-refractivity contribution in [3.63, 3.8) is 0 Å². The van der Waals surface area contributed by atoms with Gasteiger partial charge in [0.1, 0.15) is 0 Å². The second kappa shape index (κ2) is 4.31. The summed E-state index contributed by atoms with van der Waals surface area (Å²) in [5.41, 5.74) is 4.25. The van der Waals surface area contributed by atoms with E-state index < -0.39 is 11.6 Å². The van der Waals surface area contributed by atoms with Gasteiger partial charge in [-0.1, -0.05) is 12.1 Å². The third kappa shape index (κ3) is 2.78. The monoisotopic (exact) mass is 239 g/mol. The van der Waals surface area contributed by atoms with Crippen molar-refractivity contribution in [1.82, 2.24) is 0 Å². The van der Waals surface area contributed by atoms with E-state index >= 15 is 0 Å². The van der Waals surface area contributed by atoms with E-state index in [2.05, 4.69) is 0 Å². The first kappa shape index (κ1) is 14.1. The molecular weight excluding hydrogens is 227 g/mol. The Bertz CT molecular complexity index is 316. The largest absolute Gasteiger partial charge is 0.399 e. The predicted octanol–water partition coefficient (Wildman–Crippen LogP) is 3.53. The molecule has 15 heavy (non-hydrogen) atoms. The lowest BCUT2D eigenvalue weighted by Crippen LogP contribution is -2.36. The lowest BCUT2D eigenvalue weighted by atomic mass is 9.84. The Hall–Kier alpha value is -0.900. The molecule has 0 amide bonds. The number of nitrogen functional groups attached to an aromatic ring is 1. The SMILES string of the molecule is CC(C)(c1ccc(N)cc1)C(F)(F)F.Cl. The molecule has 86 valence electrons. The van der Waals surface area contributed by atoms with Crippen LogP contribution in [0, 0.1) is 0 Å². The first-order chi connectivity index (χ1) is 6.25. The Morgan fingerprint density at radius 1 is 1.00 bits per heavy atom. The highest BCUT2D eigenvalue weighted by molar-refractivity contribution is 5.85. The molecule has 0 fully saturated rings. The summed E-state index contributed by atoms with van der Waals surface area (Å²) in [6.07, 6.45) is -4.25. The molecule has 0 saturated carbocycles. The second-order valence-corrected chi connectivity index (χ2v) is 3.74. The molecule has 0 aliphatic carbocycles. The fourth-order valence-corrected chi connectivity index (χ4v) is 1.06. The van der Waals surface area contributed by atoms with E-state index in [1.807, 2.05) is 0 Å². The van der Waals surface area contributed by atoms with Crippen LogP contribution in [0.1, 0.15) is 19.4 Å². The molecule has 0 atom stereocenters. The lowest BCUT2D eigenvalue weighted by molar-refractivity contribution is -0.180. The summed E-state index contributed by atoms with van der Waals surface area (Å²) in [6, 6.07) is 5.76. The smallest absolute Gasteiger partial charge is 0.397 e. The number of halogens is 4. The Balaban J connectivity index is 0.00000196. The van der Waals surface area contributed by atoms with Crippen molar-refractivity contribution in [3.05, 3.63) is 29.8 Å². The quantitative estimate of drug-likeness (QED) is 0.746. The van der Waals surface area contributed by atoms with Crippen LogP contribution in [0.4, 0.5) is 18.9 Å². The van der Waals surface area contributed by atoms with E-state index in [4.69, 9.17) is 5.73 Å². The molecule has 1 aromatic carbocycles. The zero-order chi connectivity index (χ0) is 11.0. The summed E-state index contributed by atoms with van der Waals surface area (Å²) >= 11 is 0. The van der Waals surface area contributed by atoms with Gasteiger partial charge in [0.15, 0.2) is 0 Å². The molecule has 0 spiro atoms. The van der Waals surface area contributed by atoms with Crippen LogP contribution < -0.4 is 5.73 Å². The zero-order valence-electron chi connectivity index (χ0n) is 8.43. The molecule has 0 aliphatic rings. The minimum Gasteiger partial charge on any atom is -0.399 e. The lowest BCUT2D eigenvalue weighted by Gasteiger charge is -2.28. The van der Waals surface area contributed by atoms with Crippen LogP contribution in [-0.4, -0.2) is 6.18 Å². The number of benzene rings is 1. The Kier molecular flexibility index (Phi) is 4.05. The van der Waals surface area contributed by atoms with Gasteiger partial charge >= 0.3 is 6.18 Å². The van der Waals surface area contributed by atoms with Crippen LogP contribution in [0.2, 0.25) is 0 Å². The summed E-state index contributed by atoms with van der Waals surface area (Å²) in [6.45, 7) is 2.30.